The number of nitrogens with zero attached hydrogens (tertiary/aromatic N) is 1. The van der Waals surface area contributed by atoms with Gasteiger partial charge in [-0.1, -0.05) is 34.8 Å². The highest BCUT2D eigenvalue weighted by Gasteiger charge is 2.34. The van der Waals surface area contributed by atoms with Crippen LogP contribution in [0.3, 0.4) is 0 Å². The number of alkyl halides is 3. The van der Waals surface area contributed by atoms with Crippen molar-refractivity contribution in [3.63, 3.8) is 0 Å². The van der Waals surface area contributed by atoms with Gasteiger partial charge in [0.1, 0.15) is 0 Å². The molecular weight excluding hydrogens is 356 g/mol. The highest BCUT2D eigenvalue weighted by Crippen LogP contribution is 2.40. The summed E-state index contributed by atoms with van der Waals surface area (Å²) in [4.78, 5) is 4.59. The summed E-state index contributed by atoms with van der Waals surface area (Å²) in [5.41, 5.74) is -0.868. The number of hydrogen-bond acceptors (Lipinski definition) is 3. The average molecular weight is 362 g/mol. The van der Waals surface area contributed by atoms with Crippen LogP contribution >= 0.6 is 46.1 Å². The maximum absolute atomic E-state index is 12.8. The third-order valence-electron chi connectivity index (χ3n) is 2.32. The first-order chi connectivity index (χ1) is 9.27. The first-order valence-corrected chi connectivity index (χ1v) is 7.12. The number of aromatic nitrogens is 1. The number of halogens is 6. The van der Waals surface area contributed by atoms with E-state index in [0.717, 1.165) is 10.9 Å². The summed E-state index contributed by atoms with van der Waals surface area (Å²) in [6.45, 7) is 0.252. The Bertz CT molecular complexity index is 628. The minimum atomic E-state index is -4.56. The van der Waals surface area contributed by atoms with Crippen LogP contribution in [0.5, 0.6) is 0 Å². The topological polar surface area (TPSA) is 24.9 Å². The Balaban J connectivity index is 2.25. The summed E-state index contributed by atoms with van der Waals surface area (Å²) in [5.74, 6) is 0. The average Bonchev–Trinajstić information content (AvgIpc) is 2.74. The van der Waals surface area contributed by atoms with Gasteiger partial charge < -0.3 is 5.32 Å². The largest absolute Gasteiger partial charge is 0.417 e. The molecule has 2 rings (SSSR count). The minimum absolute atomic E-state index is 0.0495. The van der Waals surface area contributed by atoms with Crippen molar-refractivity contribution < 1.29 is 13.2 Å². The van der Waals surface area contributed by atoms with Crippen LogP contribution < -0.4 is 5.32 Å². The van der Waals surface area contributed by atoms with Gasteiger partial charge in [0, 0.05) is 16.1 Å². The zero-order valence-electron chi connectivity index (χ0n) is 9.56. The maximum atomic E-state index is 12.8. The van der Waals surface area contributed by atoms with E-state index in [0.29, 0.717) is 4.47 Å². The standard InChI is InChI=1S/C11H6Cl3F3N2S/c12-5-1-7(11(15,16)17)9(13)8(2-5)18-3-6-4-19-10(14)20-6/h1-2,4,18H,3H2. The molecule has 0 aliphatic carbocycles. The second-order valence-electron chi connectivity index (χ2n) is 3.75. The van der Waals surface area contributed by atoms with Gasteiger partial charge in [-0.3, -0.25) is 0 Å². The fourth-order valence-corrected chi connectivity index (χ4v) is 2.89. The second kappa shape index (κ2) is 5.97. The molecule has 108 valence electrons. The Labute approximate surface area is 131 Å². The molecular formula is C11H6Cl3F3N2S. The third-order valence-corrected chi connectivity index (χ3v) is 4.06. The third kappa shape index (κ3) is 3.69. The van der Waals surface area contributed by atoms with E-state index in [-0.39, 0.29) is 17.3 Å². The summed E-state index contributed by atoms with van der Waals surface area (Å²) >= 11 is 18.3. The zero-order valence-corrected chi connectivity index (χ0v) is 12.6. The second-order valence-corrected chi connectivity index (χ2v) is 6.26. The maximum Gasteiger partial charge on any atom is 0.417 e. The monoisotopic (exact) mass is 360 g/mol. The summed E-state index contributed by atoms with van der Waals surface area (Å²) in [5, 5.41) is 2.32. The Kier molecular flexibility index (Phi) is 4.69. The SMILES string of the molecule is FC(F)(F)c1cc(Cl)cc(NCc2cnc(Cl)s2)c1Cl. The molecule has 0 spiro atoms. The van der Waals surface area contributed by atoms with E-state index in [4.69, 9.17) is 34.8 Å². The van der Waals surface area contributed by atoms with Gasteiger partial charge in [0.25, 0.3) is 0 Å². The van der Waals surface area contributed by atoms with Crippen LogP contribution in [0.15, 0.2) is 18.3 Å². The number of hydrogen-bond donors (Lipinski definition) is 1. The van der Waals surface area contributed by atoms with Crippen molar-refractivity contribution >= 4 is 51.8 Å². The molecule has 0 saturated heterocycles. The van der Waals surface area contributed by atoms with Crippen LogP contribution in [-0.4, -0.2) is 4.98 Å². The lowest BCUT2D eigenvalue weighted by Crippen LogP contribution is -2.08. The molecule has 2 nitrogen and oxygen atoms in total. The van der Waals surface area contributed by atoms with Crippen molar-refractivity contribution in [1.29, 1.82) is 0 Å². The van der Waals surface area contributed by atoms with Crippen LogP contribution in [0.25, 0.3) is 0 Å². The quantitative estimate of drug-likeness (QED) is 0.754. The molecule has 1 aromatic heterocycles. The van der Waals surface area contributed by atoms with Crippen molar-refractivity contribution in [2.45, 2.75) is 12.7 Å². The molecule has 0 amide bonds. The van der Waals surface area contributed by atoms with Gasteiger partial charge in [0.2, 0.25) is 0 Å². The van der Waals surface area contributed by atoms with Gasteiger partial charge in [-0.2, -0.15) is 13.2 Å². The van der Waals surface area contributed by atoms with Crippen molar-refractivity contribution in [3.8, 4) is 0 Å². The Hall–Kier alpha value is -0.690. The molecule has 1 N–H and O–H groups in total. The molecule has 2 aromatic rings. The Morgan fingerprint density at radius 2 is 1.90 bits per heavy atom. The van der Waals surface area contributed by atoms with Gasteiger partial charge in [-0.15, -0.1) is 11.3 Å². The van der Waals surface area contributed by atoms with E-state index in [9.17, 15) is 13.2 Å². The smallest absolute Gasteiger partial charge is 0.379 e. The lowest BCUT2D eigenvalue weighted by atomic mass is 10.2. The Morgan fingerprint density at radius 1 is 1.20 bits per heavy atom. The molecule has 9 heteroatoms. The van der Waals surface area contributed by atoms with E-state index in [2.05, 4.69) is 10.3 Å². The highest BCUT2D eigenvalue weighted by atomic mass is 35.5. The number of benzene rings is 1. The summed E-state index contributed by atoms with van der Waals surface area (Å²) in [6, 6.07) is 2.13. The van der Waals surface area contributed by atoms with E-state index in [1.165, 1.54) is 23.6 Å². The van der Waals surface area contributed by atoms with Crippen molar-refractivity contribution in [3.05, 3.63) is 43.3 Å². The molecule has 1 aromatic carbocycles. The zero-order chi connectivity index (χ0) is 14.9. The molecule has 0 saturated carbocycles. The van der Waals surface area contributed by atoms with E-state index >= 15 is 0 Å². The first kappa shape index (κ1) is 15.7. The van der Waals surface area contributed by atoms with Crippen LogP contribution in [0, 0.1) is 0 Å². The van der Waals surface area contributed by atoms with Crippen molar-refractivity contribution in [2.24, 2.45) is 0 Å². The van der Waals surface area contributed by atoms with Crippen LogP contribution in [0.4, 0.5) is 18.9 Å². The molecule has 0 atom stereocenters. The molecule has 0 unspecified atom stereocenters. The van der Waals surface area contributed by atoms with Crippen molar-refractivity contribution in [1.82, 2.24) is 4.98 Å². The molecule has 0 aliphatic heterocycles. The molecule has 0 bridgehead atoms. The van der Waals surface area contributed by atoms with Gasteiger partial charge in [-0.25, -0.2) is 4.98 Å². The molecule has 20 heavy (non-hydrogen) atoms. The van der Waals surface area contributed by atoms with Crippen LogP contribution in [0.1, 0.15) is 10.4 Å². The lowest BCUT2D eigenvalue weighted by Gasteiger charge is -2.14. The fourth-order valence-electron chi connectivity index (χ4n) is 1.47. The van der Waals surface area contributed by atoms with E-state index in [1.54, 1.807) is 0 Å². The predicted octanol–water partition coefficient (Wildman–Crippen LogP) is 5.73. The van der Waals surface area contributed by atoms with Crippen LogP contribution in [0.2, 0.25) is 14.5 Å². The van der Waals surface area contributed by atoms with Crippen LogP contribution in [-0.2, 0) is 12.7 Å². The van der Waals surface area contributed by atoms with Gasteiger partial charge in [-0.05, 0) is 12.1 Å². The molecule has 0 fully saturated rings. The summed E-state index contributed by atoms with van der Waals surface area (Å²) in [6.07, 6.45) is -3.03. The lowest BCUT2D eigenvalue weighted by molar-refractivity contribution is -0.137. The predicted molar refractivity (Wildman–Crippen MR) is 75.9 cm³/mol. The minimum Gasteiger partial charge on any atom is -0.379 e. The first-order valence-electron chi connectivity index (χ1n) is 5.17. The number of anilines is 1. The fraction of sp³-hybridized carbons (Fsp3) is 0.182. The number of rotatable bonds is 3. The molecule has 0 aliphatic rings. The summed E-state index contributed by atoms with van der Waals surface area (Å²) in [7, 11) is 0. The normalized spacial score (nSPS) is 11.7. The molecule has 0 radical (unpaired) electrons. The summed E-state index contributed by atoms with van der Waals surface area (Å²) < 4.78 is 38.7. The highest BCUT2D eigenvalue weighted by molar-refractivity contribution is 7.15. The number of nitrogens with one attached hydrogen (secondary N) is 1. The number of thiazole rings is 1. The van der Waals surface area contributed by atoms with E-state index < -0.39 is 16.8 Å². The van der Waals surface area contributed by atoms with Gasteiger partial charge >= 0.3 is 6.18 Å². The van der Waals surface area contributed by atoms with Gasteiger partial charge in [0.15, 0.2) is 4.47 Å². The van der Waals surface area contributed by atoms with Crippen molar-refractivity contribution in [2.75, 3.05) is 5.32 Å². The Morgan fingerprint density at radius 3 is 2.45 bits per heavy atom. The molecule has 1 heterocycles. The van der Waals surface area contributed by atoms with Gasteiger partial charge in [0.05, 0.1) is 22.8 Å². The van der Waals surface area contributed by atoms with E-state index in [1.807, 2.05) is 0 Å².